The van der Waals surface area contributed by atoms with E-state index in [0.29, 0.717) is 17.6 Å². The van der Waals surface area contributed by atoms with Crippen LogP contribution >= 0.6 is 0 Å². The van der Waals surface area contributed by atoms with Crippen molar-refractivity contribution in [2.24, 2.45) is 11.8 Å². The summed E-state index contributed by atoms with van der Waals surface area (Å²) in [5, 5.41) is 0. The van der Waals surface area contributed by atoms with Gasteiger partial charge in [0, 0.05) is 17.4 Å². The summed E-state index contributed by atoms with van der Waals surface area (Å²) in [5.41, 5.74) is 6.21. The van der Waals surface area contributed by atoms with Crippen LogP contribution in [0.5, 0.6) is 0 Å². The number of carbonyl (C=O) groups excluding carboxylic acids is 1. The Balaban J connectivity index is 2.11. The number of hydrogen-bond acceptors (Lipinski definition) is 1. The third-order valence-corrected chi connectivity index (χ3v) is 5.00. The van der Waals surface area contributed by atoms with Gasteiger partial charge in [-0.25, -0.2) is 0 Å². The first-order chi connectivity index (χ1) is 9.20. The average Bonchev–Trinajstić information content (AvgIpc) is 2.78. The summed E-state index contributed by atoms with van der Waals surface area (Å²) in [4.78, 5) is 12.5. The van der Waals surface area contributed by atoms with Crippen molar-refractivity contribution in [1.29, 1.82) is 0 Å². The van der Waals surface area contributed by atoms with Crippen molar-refractivity contribution < 1.29 is 4.79 Å². The molecule has 19 heavy (non-hydrogen) atoms. The fraction of sp³-hybridized carbons (Fsp3) is 0.278. The molecule has 0 bridgehead atoms. The molecule has 0 saturated carbocycles. The Hall–Kier alpha value is -1.89. The van der Waals surface area contributed by atoms with Gasteiger partial charge in [-0.15, -0.1) is 0 Å². The molecule has 0 heterocycles. The van der Waals surface area contributed by atoms with Crippen molar-refractivity contribution in [1.82, 2.24) is 0 Å². The molecule has 2 aromatic carbocycles. The minimum absolute atomic E-state index is 0.110. The molecular weight excluding hydrogens is 232 g/mol. The SMILES string of the molecule is CC1C(=O)c2cccc3c2C(c2ccccc2-3)C1C. The molecule has 0 aromatic heterocycles. The third-order valence-electron chi connectivity index (χ3n) is 5.00. The minimum Gasteiger partial charge on any atom is -0.294 e. The first-order valence-corrected chi connectivity index (χ1v) is 6.96. The molecule has 0 radical (unpaired) electrons. The van der Waals surface area contributed by atoms with Crippen LogP contribution in [0.3, 0.4) is 0 Å². The van der Waals surface area contributed by atoms with Crippen LogP contribution in [0, 0.1) is 11.8 Å². The smallest absolute Gasteiger partial charge is 0.166 e. The molecule has 1 heteroatoms. The Morgan fingerprint density at radius 1 is 0.842 bits per heavy atom. The van der Waals surface area contributed by atoms with Crippen LogP contribution in [0.25, 0.3) is 11.1 Å². The van der Waals surface area contributed by atoms with E-state index in [0.717, 1.165) is 5.56 Å². The topological polar surface area (TPSA) is 17.1 Å². The van der Waals surface area contributed by atoms with Crippen LogP contribution < -0.4 is 0 Å². The van der Waals surface area contributed by atoms with E-state index in [-0.39, 0.29) is 5.92 Å². The highest BCUT2D eigenvalue weighted by atomic mass is 16.1. The van der Waals surface area contributed by atoms with Gasteiger partial charge >= 0.3 is 0 Å². The second kappa shape index (κ2) is 3.57. The number of rotatable bonds is 0. The molecule has 3 unspecified atom stereocenters. The van der Waals surface area contributed by atoms with Gasteiger partial charge in [0.2, 0.25) is 0 Å². The Labute approximate surface area is 113 Å². The second-order valence-corrected chi connectivity index (χ2v) is 5.84. The predicted octanol–water partition coefficient (Wildman–Crippen LogP) is 4.27. The van der Waals surface area contributed by atoms with Gasteiger partial charge in [-0.1, -0.05) is 56.3 Å². The van der Waals surface area contributed by atoms with Crippen molar-refractivity contribution in [3.63, 3.8) is 0 Å². The van der Waals surface area contributed by atoms with Crippen LogP contribution in [0.4, 0.5) is 0 Å². The van der Waals surface area contributed by atoms with Gasteiger partial charge in [0.25, 0.3) is 0 Å². The number of Topliss-reactive ketones (excluding diaryl/α,β-unsaturated/α-hetero) is 1. The van der Waals surface area contributed by atoms with Crippen LogP contribution in [0.2, 0.25) is 0 Å². The molecule has 2 aromatic rings. The van der Waals surface area contributed by atoms with Gasteiger partial charge in [-0.3, -0.25) is 4.79 Å². The third kappa shape index (κ3) is 1.23. The average molecular weight is 248 g/mol. The molecule has 0 saturated heterocycles. The quantitative estimate of drug-likeness (QED) is 0.680. The fourth-order valence-electron chi connectivity index (χ4n) is 3.84. The number of benzene rings is 2. The van der Waals surface area contributed by atoms with Crippen LogP contribution in [0.1, 0.15) is 41.3 Å². The van der Waals surface area contributed by atoms with E-state index >= 15 is 0 Å². The van der Waals surface area contributed by atoms with Crippen molar-refractivity contribution in [3.05, 3.63) is 59.2 Å². The normalized spacial score (nSPS) is 27.1. The Kier molecular flexibility index (Phi) is 2.06. The van der Waals surface area contributed by atoms with Gasteiger partial charge < -0.3 is 0 Å². The van der Waals surface area contributed by atoms with Crippen molar-refractivity contribution in [3.8, 4) is 11.1 Å². The lowest BCUT2D eigenvalue weighted by atomic mass is 9.69. The highest BCUT2D eigenvalue weighted by Gasteiger charge is 2.43. The predicted molar refractivity (Wildman–Crippen MR) is 76.4 cm³/mol. The molecule has 94 valence electrons. The van der Waals surface area contributed by atoms with E-state index in [2.05, 4.69) is 44.2 Å². The fourth-order valence-corrected chi connectivity index (χ4v) is 3.84. The van der Waals surface area contributed by atoms with Gasteiger partial charge in [0.05, 0.1) is 0 Å². The molecule has 2 aliphatic rings. The van der Waals surface area contributed by atoms with Gasteiger partial charge in [-0.05, 0) is 28.2 Å². The number of hydrogen-bond donors (Lipinski definition) is 0. The summed E-state index contributed by atoms with van der Waals surface area (Å²) >= 11 is 0. The summed E-state index contributed by atoms with van der Waals surface area (Å²) in [6, 6.07) is 14.8. The van der Waals surface area contributed by atoms with Crippen LogP contribution in [0.15, 0.2) is 42.5 Å². The zero-order chi connectivity index (χ0) is 13.1. The molecule has 0 N–H and O–H groups in total. The van der Waals surface area contributed by atoms with Crippen LogP contribution in [-0.2, 0) is 0 Å². The summed E-state index contributed by atoms with van der Waals surface area (Å²) < 4.78 is 0. The molecule has 0 spiro atoms. The molecular formula is C18H16O. The molecule has 3 atom stereocenters. The van der Waals surface area contributed by atoms with Crippen molar-refractivity contribution in [2.75, 3.05) is 0 Å². The molecule has 2 aliphatic carbocycles. The summed E-state index contributed by atoms with van der Waals surface area (Å²) in [7, 11) is 0. The largest absolute Gasteiger partial charge is 0.294 e. The zero-order valence-corrected chi connectivity index (χ0v) is 11.2. The van der Waals surface area contributed by atoms with E-state index in [1.807, 2.05) is 12.1 Å². The standard InChI is InChI=1S/C18H16O/c1-10-11(2)18(19)15-9-5-8-14-12-6-3-4-7-13(12)16(10)17(14)15/h3-11,16H,1-2H3. The van der Waals surface area contributed by atoms with Crippen molar-refractivity contribution >= 4 is 5.78 Å². The molecule has 4 rings (SSSR count). The number of ketones is 1. The van der Waals surface area contributed by atoms with E-state index in [1.165, 1.54) is 22.3 Å². The van der Waals surface area contributed by atoms with E-state index in [1.54, 1.807) is 0 Å². The van der Waals surface area contributed by atoms with Gasteiger partial charge in [0.1, 0.15) is 0 Å². The van der Waals surface area contributed by atoms with Gasteiger partial charge in [-0.2, -0.15) is 0 Å². The lowest BCUT2D eigenvalue weighted by Crippen LogP contribution is -2.30. The van der Waals surface area contributed by atoms with E-state index in [9.17, 15) is 4.79 Å². The first-order valence-electron chi connectivity index (χ1n) is 6.96. The molecule has 0 amide bonds. The van der Waals surface area contributed by atoms with Crippen molar-refractivity contribution in [2.45, 2.75) is 19.8 Å². The second-order valence-electron chi connectivity index (χ2n) is 5.84. The summed E-state index contributed by atoms with van der Waals surface area (Å²) in [6.45, 7) is 4.29. The van der Waals surface area contributed by atoms with Crippen LogP contribution in [-0.4, -0.2) is 5.78 Å². The first kappa shape index (κ1) is 11.0. The minimum atomic E-state index is 0.110. The molecule has 0 fully saturated rings. The highest BCUT2D eigenvalue weighted by Crippen LogP contribution is 2.54. The van der Waals surface area contributed by atoms with E-state index in [4.69, 9.17) is 0 Å². The maximum atomic E-state index is 12.5. The van der Waals surface area contributed by atoms with Gasteiger partial charge in [0.15, 0.2) is 5.78 Å². The Morgan fingerprint density at radius 2 is 1.53 bits per heavy atom. The summed E-state index contributed by atoms with van der Waals surface area (Å²) in [6.07, 6.45) is 0. The van der Waals surface area contributed by atoms with E-state index < -0.39 is 0 Å². The maximum absolute atomic E-state index is 12.5. The zero-order valence-electron chi connectivity index (χ0n) is 11.2. The molecule has 0 aliphatic heterocycles. The maximum Gasteiger partial charge on any atom is 0.166 e. The Morgan fingerprint density at radius 3 is 2.37 bits per heavy atom. The Bertz CT molecular complexity index is 699. The monoisotopic (exact) mass is 248 g/mol. The lowest BCUT2D eigenvalue weighted by Gasteiger charge is -2.33. The lowest BCUT2D eigenvalue weighted by molar-refractivity contribution is 0.0867. The highest BCUT2D eigenvalue weighted by molar-refractivity contribution is 6.04. The number of carbonyl (C=O) groups is 1. The number of fused-ring (bicyclic) bond motifs is 3. The summed E-state index contributed by atoms with van der Waals surface area (Å²) in [5.74, 6) is 1.20. The molecule has 1 nitrogen and oxygen atoms in total.